The highest BCUT2D eigenvalue weighted by Crippen LogP contribution is 2.29. The number of nitrogens with zero attached hydrogens (tertiary/aromatic N) is 2. The van der Waals surface area contributed by atoms with Gasteiger partial charge in [0.15, 0.2) is 0 Å². The van der Waals surface area contributed by atoms with Crippen LogP contribution in [0.1, 0.15) is 51.4 Å². The summed E-state index contributed by atoms with van der Waals surface area (Å²) in [5, 5.41) is 0. The molecule has 1 atom stereocenters. The number of hydrogen-bond acceptors (Lipinski definition) is 3. The van der Waals surface area contributed by atoms with Crippen LogP contribution < -0.4 is 0 Å². The molecule has 22 heavy (non-hydrogen) atoms. The maximum atomic E-state index is 12.4. The lowest BCUT2D eigenvalue weighted by molar-refractivity contribution is -0.144. The lowest BCUT2D eigenvalue weighted by Gasteiger charge is -2.36. The Bertz CT molecular complexity index is 407. The summed E-state index contributed by atoms with van der Waals surface area (Å²) >= 11 is 0. The zero-order chi connectivity index (χ0) is 15.4. The van der Waals surface area contributed by atoms with Crippen molar-refractivity contribution < 1.29 is 14.3 Å². The minimum atomic E-state index is 0.0900. The highest BCUT2D eigenvalue weighted by molar-refractivity contribution is 5.85. The van der Waals surface area contributed by atoms with Crippen LogP contribution in [0, 0.1) is 5.92 Å². The molecule has 0 spiro atoms. The Morgan fingerprint density at radius 1 is 1.14 bits per heavy atom. The van der Waals surface area contributed by atoms with Crippen molar-refractivity contribution in [2.45, 2.75) is 57.5 Å². The molecule has 3 fully saturated rings. The van der Waals surface area contributed by atoms with Gasteiger partial charge in [0.1, 0.15) is 0 Å². The third kappa shape index (κ3) is 4.00. The Labute approximate surface area is 133 Å². The average molecular weight is 308 g/mol. The summed E-state index contributed by atoms with van der Waals surface area (Å²) in [6.07, 6.45) is 9.46. The van der Waals surface area contributed by atoms with Crippen molar-refractivity contribution in [2.24, 2.45) is 5.92 Å². The van der Waals surface area contributed by atoms with Crippen LogP contribution >= 0.6 is 0 Å². The number of ether oxygens (including phenoxy) is 1. The third-order valence-corrected chi connectivity index (χ3v) is 5.31. The van der Waals surface area contributed by atoms with E-state index in [1.54, 1.807) is 4.90 Å². The van der Waals surface area contributed by atoms with E-state index in [4.69, 9.17) is 4.74 Å². The predicted molar refractivity (Wildman–Crippen MR) is 83.3 cm³/mol. The first-order valence-electron chi connectivity index (χ1n) is 8.89. The van der Waals surface area contributed by atoms with Crippen molar-refractivity contribution in [2.75, 3.05) is 32.8 Å². The Hall–Kier alpha value is -1.10. The molecule has 124 valence electrons. The average Bonchev–Trinajstić information content (AvgIpc) is 2.94. The van der Waals surface area contributed by atoms with Gasteiger partial charge in [0.25, 0.3) is 0 Å². The minimum absolute atomic E-state index is 0.0900. The summed E-state index contributed by atoms with van der Waals surface area (Å²) in [7, 11) is 0. The lowest BCUT2D eigenvalue weighted by atomic mass is 9.85. The second kappa shape index (κ2) is 7.44. The van der Waals surface area contributed by atoms with Gasteiger partial charge in [-0.25, -0.2) is 0 Å². The van der Waals surface area contributed by atoms with Gasteiger partial charge >= 0.3 is 0 Å². The van der Waals surface area contributed by atoms with E-state index in [2.05, 4.69) is 0 Å². The SMILES string of the molecule is O=C1CCCN1CC(=O)N1CCO[C@@H](CC2CCCCC2)C1. The van der Waals surface area contributed by atoms with Gasteiger partial charge in [-0.05, 0) is 18.8 Å². The van der Waals surface area contributed by atoms with E-state index in [-0.39, 0.29) is 24.5 Å². The molecule has 2 aliphatic heterocycles. The Balaban J connectivity index is 1.46. The van der Waals surface area contributed by atoms with Crippen LogP contribution in [0.4, 0.5) is 0 Å². The fourth-order valence-electron chi connectivity index (χ4n) is 4.02. The standard InChI is InChI=1S/C17H28N2O3/c20-16-7-4-8-18(16)13-17(21)19-9-10-22-15(12-19)11-14-5-2-1-3-6-14/h14-15H,1-13H2/t15-/m0/s1. The molecule has 0 radical (unpaired) electrons. The maximum Gasteiger partial charge on any atom is 0.242 e. The molecule has 2 amide bonds. The Morgan fingerprint density at radius 3 is 2.68 bits per heavy atom. The Morgan fingerprint density at radius 2 is 1.95 bits per heavy atom. The molecule has 3 rings (SSSR count). The number of carbonyl (C=O) groups excluding carboxylic acids is 2. The van der Waals surface area contributed by atoms with Gasteiger partial charge in [-0.2, -0.15) is 0 Å². The smallest absolute Gasteiger partial charge is 0.242 e. The molecule has 0 unspecified atom stereocenters. The predicted octanol–water partition coefficient (Wildman–Crippen LogP) is 1.81. The van der Waals surface area contributed by atoms with Gasteiger partial charge in [-0.15, -0.1) is 0 Å². The normalized spacial score (nSPS) is 27.5. The number of carbonyl (C=O) groups is 2. The summed E-state index contributed by atoms with van der Waals surface area (Å²) < 4.78 is 5.88. The summed E-state index contributed by atoms with van der Waals surface area (Å²) in [4.78, 5) is 27.7. The highest BCUT2D eigenvalue weighted by atomic mass is 16.5. The molecule has 1 aliphatic carbocycles. The van der Waals surface area contributed by atoms with Crippen LogP contribution in [-0.2, 0) is 14.3 Å². The van der Waals surface area contributed by atoms with E-state index in [9.17, 15) is 9.59 Å². The van der Waals surface area contributed by atoms with Crippen LogP contribution in [0.5, 0.6) is 0 Å². The first-order valence-corrected chi connectivity index (χ1v) is 8.89. The van der Waals surface area contributed by atoms with Crippen molar-refractivity contribution in [3.8, 4) is 0 Å². The molecule has 5 heteroatoms. The zero-order valence-corrected chi connectivity index (χ0v) is 13.5. The highest BCUT2D eigenvalue weighted by Gasteiger charge is 2.29. The molecular weight excluding hydrogens is 280 g/mol. The van der Waals surface area contributed by atoms with E-state index >= 15 is 0 Å². The van der Waals surface area contributed by atoms with Crippen molar-refractivity contribution >= 4 is 11.8 Å². The van der Waals surface area contributed by atoms with E-state index < -0.39 is 0 Å². The zero-order valence-electron chi connectivity index (χ0n) is 13.5. The molecule has 3 aliphatic rings. The lowest BCUT2D eigenvalue weighted by Crippen LogP contribution is -2.49. The number of morpholine rings is 1. The third-order valence-electron chi connectivity index (χ3n) is 5.31. The molecule has 0 bridgehead atoms. The van der Waals surface area contributed by atoms with Crippen LogP contribution in [0.3, 0.4) is 0 Å². The second-order valence-electron chi connectivity index (χ2n) is 6.99. The molecule has 1 saturated carbocycles. The summed E-state index contributed by atoms with van der Waals surface area (Å²) in [5.74, 6) is 0.988. The van der Waals surface area contributed by atoms with Gasteiger partial charge in [0.05, 0.1) is 19.3 Å². The van der Waals surface area contributed by atoms with Crippen molar-refractivity contribution in [1.29, 1.82) is 0 Å². The van der Waals surface area contributed by atoms with E-state index in [1.165, 1.54) is 32.1 Å². The molecule has 0 aromatic rings. The molecule has 2 saturated heterocycles. The van der Waals surface area contributed by atoms with Crippen molar-refractivity contribution in [3.63, 3.8) is 0 Å². The first kappa shape index (κ1) is 15.8. The molecule has 5 nitrogen and oxygen atoms in total. The van der Waals surface area contributed by atoms with Crippen molar-refractivity contribution in [1.82, 2.24) is 9.80 Å². The summed E-state index contributed by atoms with van der Waals surface area (Å²) in [6, 6.07) is 0. The fraction of sp³-hybridized carbons (Fsp3) is 0.882. The number of amides is 2. The largest absolute Gasteiger partial charge is 0.375 e. The first-order chi connectivity index (χ1) is 10.7. The van der Waals surface area contributed by atoms with Crippen LogP contribution in [0.15, 0.2) is 0 Å². The van der Waals surface area contributed by atoms with Crippen LogP contribution in [0.25, 0.3) is 0 Å². The maximum absolute atomic E-state index is 12.4. The Kier molecular flexibility index (Phi) is 5.34. The minimum Gasteiger partial charge on any atom is -0.375 e. The topological polar surface area (TPSA) is 49.9 Å². The molecule has 2 heterocycles. The van der Waals surface area contributed by atoms with Gasteiger partial charge in [0.2, 0.25) is 11.8 Å². The van der Waals surface area contributed by atoms with Gasteiger partial charge in [-0.1, -0.05) is 32.1 Å². The summed E-state index contributed by atoms with van der Waals surface area (Å²) in [6.45, 7) is 3.01. The molecule has 0 N–H and O–H groups in total. The molecule has 0 aromatic carbocycles. The van der Waals surface area contributed by atoms with Gasteiger partial charge in [-0.3, -0.25) is 9.59 Å². The van der Waals surface area contributed by atoms with E-state index in [0.717, 1.165) is 25.3 Å². The fourth-order valence-corrected chi connectivity index (χ4v) is 4.02. The van der Waals surface area contributed by atoms with E-state index in [0.29, 0.717) is 26.1 Å². The quantitative estimate of drug-likeness (QED) is 0.796. The number of rotatable bonds is 4. The monoisotopic (exact) mass is 308 g/mol. The van der Waals surface area contributed by atoms with Crippen LogP contribution in [0.2, 0.25) is 0 Å². The molecular formula is C17H28N2O3. The number of hydrogen-bond donors (Lipinski definition) is 0. The van der Waals surface area contributed by atoms with Crippen molar-refractivity contribution in [3.05, 3.63) is 0 Å². The van der Waals surface area contributed by atoms with Gasteiger partial charge in [0, 0.05) is 26.1 Å². The second-order valence-corrected chi connectivity index (χ2v) is 6.99. The summed E-state index contributed by atoms with van der Waals surface area (Å²) in [5.41, 5.74) is 0. The number of likely N-dealkylation sites (tertiary alicyclic amines) is 1. The van der Waals surface area contributed by atoms with Gasteiger partial charge < -0.3 is 14.5 Å². The van der Waals surface area contributed by atoms with Crippen LogP contribution in [-0.4, -0.2) is 60.5 Å². The van der Waals surface area contributed by atoms with E-state index in [1.807, 2.05) is 4.90 Å². The molecule has 0 aromatic heterocycles.